The Morgan fingerprint density at radius 2 is 0.973 bits per heavy atom. The predicted molar refractivity (Wildman–Crippen MR) is 161 cm³/mol. The van der Waals surface area contributed by atoms with Crippen LogP contribution in [-0.2, 0) is 19.4 Å². The van der Waals surface area contributed by atoms with E-state index in [9.17, 15) is 0 Å². The summed E-state index contributed by atoms with van der Waals surface area (Å²) in [6.45, 7) is 23.3. The fourth-order valence-electron chi connectivity index (χ4n) is 7.04. The van der Waals surface area contributed by atoms with Crippen molar-refractivity contribution in [2.45, 2.75) is 93.8 Å². The first kappa shape index (κ1) is 29.1. The molecule has 0 heterocycles. The van der Waals surface area contributed by atoms with Crippen molar-refractivity contribution in [2.24, 2.45) is 11.7 Å². The summed E-state index contributed by atoms with van der Waals surface area (Å²) in [5, 5.41) is 0. The third kappa shape index (κ3) is 6.72. The van der Waals surface area contributed by atoms with Crippen molar-refractivity contribution >= 4 is 0 Å². The molecule has 0 saturated carbocycles. The molecule has 3 aromatic rings. The molecule has 0 spiro atoms. The second-order valence-electron chi connectivity index (χ2n) is 11.9. The number of nitrogens with zero attached hydrogens (tertiary/aromatic N) is 1. The molecule has 0 radical (unpaired) electrons. The number of hydrogen-bond acceptors (Lipinski definition) is 1. The van der Waals surface area contributed by atoms with Gasteiger partial charge >= 0.3 is 0 Å². The summed E-state index contributed by atoms with van der Waals surface area (Å²) in [4.78, 5) is 0. The topological polar surface area (TPSA) is 26.0 Å². The summed E-state index contributed by atoms with van der Waals surface area (Å²) in [5.74, 6) is 0.348. The zero-order valence-corrected chi connectivity index (χ0v) is 25.0. The molecule has 0 bridgehead atoms. The molecule has 2 heteroatoms. The fourth-order valence-corrected chi connectivity index (χ4v) is 7.04. The molecule has 37 heavy (non-hydrogen) atoms. The Bertz CT molecular complexity index is 1140. The lowest BCUT2D eigenvalue weighted by molar-refractivity contribution is -0.990. The van der Waals surface area contributed by atoms with E-state index < -0.39 is 5.66 Å². The van der Waals surface area contributed by atoms with Crippen LogP contribution in [0.3, 0.4) is 0 Å². The molecule has 2 unspecified atom stereocenters. The van der Waals surface area contributed by atoms with E-state index >= 15 is 0 Å². The van der Waals surface area contributed by atoms with E-state index in [1.165, 1.54) is 50.1 Å². The number of quaternary nitrogens is 1. The van der Waals surface area contributed by atoms with Crippen molar-refractivity contribution in [3.63, 3.8) is 0 Å². The minimum Gasteiger partial charge on any atom is -0.303 e. The standard InChI is InChI=1S/C35H51N2/c1-10-34(22-31-16-25(4)13-26(5)17-31)35(36,23-32-18-27(6)14-28(7)19-32)37(11-2,12-3)24-33-20-29(8)15-30(9)21-33/h13-21,34H,10-12,22-24,36H2,1-9H3/q+1. The van der Waals surface area contributed by atoms with E-state index in [1.807, 2.05) is 0 Å². The molecular weight excluding hydrogens is 448 g/mol. The molecule has 2 atom stereocenters. The molecule has 0 fully saturated rings. The second-order valence-corrected chi connectivity index (χ2v) is 11.9. The average Bonchev–Trinajstić information content (AvgIpc) is 2.79. The number of likely N-dealkylation sites (N-methyl/N-ethyl adjacent to an activating group) is 1. The minimum absolute atomic E-state index is 0.348. The lowest BCUT2D eigenvalue weighted by atomic mass is 9.77. The molecular formula is C35H51N2+. The number of benzene rings is 3. The summed E-state index contributed by atoms with van der Waals surface area (Å²) >= 11 is 0. The Morgan fingerprint density at radius 1 is 0.595 bits per heavy atom. The first-order valence-electron chi connectivity index (χ1n) is 14.3. The molecule has 0 aliphatic rings. The molecule has 200 valence electrons. The highest BCUT2D eigenvalue weighted by Gasteiger charge is 2.51. The molecule has 0 aliphatic heterocycles. The highest BCUT2D eigenvalue weighted by molar-refractivity contribution is 5.32. The quantitative estimate of drug-likeness (QED) is 0.209. The van der Waals surface area contributed by atoms with Crippen LogP contribution in [0.4, 0.5) is 0 Å². The van der Waals surface area contributed by atoms with Crippen LogP contribution in [-0.4, -0.2) is 23.2 Å². The maximum absolute atomic E-state index is 7.91. The van der Waals surface area contributed by atoms with Crippen LogP contribution >= 0.6 is 0 Å². The van der Waals surface area contributed by atoms with E-state index in [0.29, 0.717) is 5.92 Å². The monoisotopic (exact) mass is 499 g/mol. The highest BCUT2D eigenvalue weighted by Crippen LogP contribution is 2.38. The normalized spacial score (nSPS) is 14.4. The van der Waals surface area contributed by atoms with Crippen molar-refractivity contribution in [1.29, 1.82) is 0 Å². The van der Waals surface area contributed by atoms with Gasteiger partial charge in [0.05, 0.1) is 13.1 Å². The molecule has 0 saturated heterocycles. The lowest BCUT2D eigenvalue weighted by Crippen LogP contribution is -2.73. The third-order valence-electron chi connectivity index (χ3n) is 8.59. The molecule has 3 rings (SSSR count). The molecule has 3 aromatic carbocycles. The van der Waals surface area contributed by atoms with E-state index in [4.69, 9.17) is 5.73 Å². The van der Waals surface area contributed by atoms with Gasteiger partial charge in [0.15, 0.2) is 5.66 Å². The zero-order chi connectivity index (χ0) is 27.4. The van der Waals surface area contributed by atoms with Gasteiger partial charge in [0.1, 0.15) is 6.54 Å². The van der Waals surface area contributed by atoms with Gasteiger partial charge in [-0.25, -0.2) is 0 Å². The van der Waals surface area contributed by atoms with Crippen molar-refractivity contribution in [2.75, 3.05) is 13.1 Å². The van der Waals surface area contributed by atoms with Crippen LogP contribution < -0.4 is 5.73 Å². The average molecular weight is 500 g/mol. The second kappa shape index (κ2) is 12.0. The first-order chi connectivity index (χ1) is 17.4. The lowest BCUT2D eigenvalue weighted by Gasteiger charge is -2.54. The first-order valence-corrected chi connectivity index (χ1v) is 14.3. The van der Waals surface area contributed by atoms with E-state index in [0.717, 1.165) is 43.4 Å². The largest absolute Gasteiger partial charge is 0.303 e. The maximum atomic E-state index is 7.91. The smallest absolute Gasteiger partial charge is 0.158 e. The van der Waals surface area contributed by atoms with Crippen molar-refractivity contribution in [3.05, 3.63) is 105 Å². The van der Waals surface area contributed by atoms with Crippen LogP contribution in [0.15, 0.2) is 54.6 Å². The Kier molecular flexibility index (Phi) is 9.42. The van der Waals surface area contributed by atoms with Crippen LogP contribution in [0.1, 0.15) is 77.3 Å². The third-order valence-corrected chi connectivity index (χ3v) is 8.59. The van der Waals surface area contributed by atoms with Gasteiger partial charge in [-0.2, -0.15) is 0 Å². The summed E-state index contributed by atoms with van der Waals surface area (Å²) < 4.78 is 0.881. The van der Waals surface area contributed by atoms with Gasteiger partial charge in [-0.1, -0.05) is 94.9 Å². The van der Waals surface area contributed by atoms with Gasteiger partial charge in [-0.15, -0.1) is 0 Å². The van der Waals surface area contributed by atoms with Crippen LogP contribution in [0, 0.1) is 47.5 Å². The van der Waals surface area contributed by atoms with Gasteiger partial charge in [-0.3, -0.25) is 5.73 Å². The summed E-state index contributed by atoms with van der Waals surface area (Å²) in [7, 11) is 0. The fraction of sp³-hybridized carbons (Fsp3) is 0.486. The molecule has 0 amide bonds. The molecule has 2 nitrogen and oxygen atoms in total. The molecule has 0 aliphatic carbocycles. The van der Waals surface area contributed by atoms with Gasteiger partial charge in [0.25, 0.3) is 0 Å². The van der Waals surface area contributed by atoms with Crippen molar-refractivity contribution in [3.8, 4) is 0 Å². The molecule has 2 N–H and O–H groups in total. The number of rotatable bonds is 11. The van der Waals surface area contributed by atoms with E-state index in [-0.39, 0.29) is 0 Å². The Labute approximate surface area is 227 Å². The van der Waals surface area contributed by atoms with Gasteiger partial charge < -0.3 is 4.48 Å². The van der Waals surface area contributed by atoms with Gasteiger partial charge in [0.2, 0.25) is 0 Å². The van der Waals surface area contributed by atoms with Crippen molar-refractivity contribution < 1.29 is 4.48 Å². The van der Waals surface area contributed by atoms with Gasteiger partial charge in [-0.05, 0) is 79.4 Å². The SMILES string of the molecule is CCC(Cc1cc(C)cc(C)c1)C(N)(Cc1cc(C)cc(C)c1)[N+](CC)(CC)Cc1cc(C)cc(C)c1. The van der Waals surface area contributed by atoms with E-state index in [2.05, 4.69) is 117 Å². The summed E-state index contributed by atoms with van der Waals surface area (Å²) in [6.07, 6.45) is 2.94. The number of aryl methyl sites for hydroxylation is 6. The van der Waals surface area contributed by atoms with Crippen LogP contribution in [0.2, 0.25) is 0 Å². The summed E-state index contributed by atoms with van der Waals surface area (Å²) in [5.41, 5.74) is 19.7. The van der Waals surface area contributed by atoms with E-state index in [1.54, 1.807) is 0 Å². The number of nitrogens with two attached hydrogens (primary N) is 1. The van der Waals surface area contributed by atoms with Crippen LogP contribution in [0.25, 0.3) is 0 Å². The van der Waals surface area contributed by atoms with Crippen LogP contribution in [0.5, 0.6) is 0 Å². The molecule has 0 aromatic heterocycles. The summed E-state index contributed by atoms with van der Waals surface area (Å²) in [6, 6.07) is 21.0. The zero-order valence-electron chi connectivity index (χ0n) is 25.0. The van der Waals surface area contributed by atoms with Gasteiger partial charge in [0, 0.05) is 17.9 Å². The minimum atomic E-state index is -0.409. The Balaban J connectivity index is 2.17. The Hall–Kier alpha value is -2.42. The van der Waals surface area contributed by atoms with Crippen molar-refractivity contribution in [1.82, 2.24) is 0 Å². The Morgan fingerprint density at radius 3 is 1.35 bits per heavy atom. The highest BCUT2D eigenvalue weighted by atomic mass is 15.5. The number of hydrogen-bond donors (Lipinski definition) is 1. The predicted octanol–water partition coefficient (Wildman–Crippen LogP) is 8.06. The maximum Gasteiger partial charge on any atom is 0.158 e.